The van der Waals surface area contributed by atoms with Crippen LogP contribution < -0.4 is 5.73 Å². The SMILES string of the molecule is CN1CCC(CC(=O)O)C1C(N)=O. The molecule has 0 aliphatic carbocycles. The largest absolute Gasteiger partial charge is 0.481 e. The summed E-state index contributed by atoms with van der Waals surface area (Å²) in [7, 11) is 1.79. The molecular formula is C8H14N2O3. The van der Waals surface area contributed by atoms with E-state index in [0.717, 1.165) is 13.0 Å². The number of rotatable bonds is 3. The van der Waals surface area contributed by atoms with Crippen LogP contribution in [0.1, 0.15) is 12.8 Å². The first-order chi connectivity index (χ1) is 6.02. The van der Waals surface area contributed by atoms with Crippen molar-refractivity contribution in [2.45, 2.75) is 18.9 Å². The van der Waals surface area contributed by atoms with Crippen LogP contribution in [0.3, 0.4) is 0 Å². The first-order valence-corrected chi connectivity index (χ1v) is 4.23. The third-order valence-electron chi connectivity index (χ3n) is 2.50. The number of likely N-dealkylation sites (N-methyl/N-ethyl adjacent to an activating group) is 1. The number of carbonyl (C=O) groups is 2. The van der Waals surface area contributed by atoms with Gasteiger partial charge in [-0.05, 0) is 25.9 Å². The molecule has 1 amide bonds. The molecule has 0 aromatic carbocycles. The van der Waals surface area contributed by atoms with Crippen molar-refractivity contribution in [3.8, 4) is 0 Å². The summed E-state index contributed by atoms with van der Waals surface area (Å²) in [5.41, 5.74) is 5.18. The van der Waals surface area contributed by atoms with Crippen molar-refractivity contribution in [2.75, 3.05) is 13.6 Å². The molecule has 74 valence electrons. The number of hydrogen-bond donors (Lipinski definition) is 2. The van der Waals surface area contributed by atoms with Crippen LogP contribution in [0.4, 0.5) is 0 Å². The Morgan fingerprint density at radius 2 is 2.23 bits per heavy atom. The molecule has 2 unspecified atom stereocenters. The van der Waals surface area contributed by atoms with E-state index >= 15 is 0 Å². The molecule has 0 spiro atoms. The molecule has 0 aromatic rings. The van der Waals surface area contributed by atoms with Gasteiger partial charge in [-0.15, -0.1) is 0 Å². The fourth-order valence-electron chi connectivity index (χ4n) is 1.91. The molecule has 0 aromatic heterocycles. The summed E-state index contributed by atoms with van der Waals surface area (Å²) in [6.45, 7) is 0.742. The molecule has 2 atom stereocenters. The minimum absolute atomic E-state index is 0.0257. The summed E-state index contributed by atoms with van der Waals surface area (Å²) in [6, 6.07) is -0.406. The van der Waals surface area contributed by atoms with Gasteiger partial charge in [0.05, 0.1) is 12.5 Å². The van der Waals surface area contributed by atoms with Crippen molar-refractivity contribution in [3.63, 3.8) is 0 Å². The third-order valence-corrected chi connectivity index (χ3v) is 2.50. The standard InChI is InChI=1S/C8H14N2O3/c1-10-3-2-5(4-6(11)12)7(10)8(9)13/h5,7H,2-4H2,1H3,(H2,9,13)(H,11,12). The zero-order chi connectivity index (χ0) is 10.0. The maximum Gasteiger partial charge on any atom is 0.303 e. The Morgan fingerprint density at radius 3 is 2.69 bits per heavy atom. The molecular weight excluding hydrogens is 172 g/mol. The van der Waals surface area contributed by atoms with Gasteiger partial charge in [0.15, 0.2) is 0 Å². The van der Waals surface area contributed by atoms with Crippen molar-refractivity contribution in [2.24, 2.45) is 11.7 Å². The molecule has 0 saturated carbocycles. The summed E-state index contributed by atoms with van der Waals surface area (Å²) >= 11 is 0. The summed E-state index contributed by atoms with van der Waals surface area (Å²) in [5, 5.41) is 8.59. The minimum atomic E-state index is -0.869. The Kier molecular flexibility index (Phi) is 2.87. The van der Waals surface area contributed by atoms with Gasteiger partial charge in [-0.2, -0.15) is 0 Å². The molecule has 1 fully saturated rings. The topological polar surface area (TPSA) is 83.6 Å². The molecule has 5 heteroatoms. The first-order valence-electron chi connectivity index (χ1n) is 4.23. The summed E-state index contributed by atoms with van der Waals surface area (Å²) in [5.74, 6) is -1.42. The van der Waals surface area contributed by atoms with Crippen LogP contribution in [0.25, 0.3) is 0 Å². The van der Waals surface area contributed by atoms with E-state index in [-0.39, 0.29) is 12.3 Å². The lowest BCUT2D eigenvalue weighted by molar-refractivity contribution is -0.138. The van der Waals surface area contributed by atoms with E-state index < -0.39 is 17.9 Å². The summed E-state index contributed by atoms with van der Waals surface area (Å²) in [6.07, 6.45) is 0.758. The van der Waals surface area contributed by atoms with E-state index in [0.29, 0.717) is 0 Å². The number of nitrogens with zero attached hydrogens (tertiary/aromatic N) is 1. The number of aliphatic carboxylic acids is 1. The predicted octanol–water partition coefficient (Wildman–Crippen LogP) is -0.733. The smallest absolute Gasteiger partial charge is 0.303 e. The quantitative estimate of drug-likeness (QED) is 0.608. The van der Waals surface area contributed by atoms with E-state index in [1.807, 2.05) is 4.90 Å². The van der Waals surface area contributed by atoms with Gasteiger partial charge < -0.3 is 10.8 Å². The van der Waals surface area contributed by atoms with Crippen molar-refractivity contribution in [1.29, 1.82) is 0 Å². The van der Waals surface area contributed by atoms with Gasteiger partial charge in [0, 0.05) is 0 Å². The average molecular weight is 186 g/mol. The maximum absolute atomic E-state index is 11.0. The van der Waals surface area contributed by atoms with Crippen molar-refractivity contribution in [1.82, 2.24) is 4.90 Å². The second-order valence-corrected chi connectivity index (χ2v) is 3.47. The van der Waals surface area contributed by atoms with E-state index in [9.17, 15) is 9.59 Å². The van der Waals surface area contributed by atoms with Crippen molar-refractivity contribution >= 4 is 11.9 Å². The molecule has 3 N–H and O–H groups in total. The van der Waals surface area contributed by atoms with E-state index in [1.54, 1.807) is 7.05 Å². The Labute approximate surface area is 76.5 Å². The second-order valence-electron chi connectivity index (χ2n) is 3.47. The van der Waals surface area contributed by atoms with Gasteiger partial charge in [-0.3, -0.25) is 14.5 Å². The Bertz CT molecular complexity index is 229. The number of primary amides is 1. The molecule has 1 aliphatic heterocycles. The van der Waals surface area contributed by atoms with Crippen LogP contribution in [-0.2, 0) is 9.59 Å². The van der Waals surface area contributed by atoms with Crippen LogP contribution >= 0.6 is 0 Å². The third kappa shape index (κ3) is 2.18. The number of carbonyl (C=O) groups excluding carboxylic acids is 1. The molecule has 0 radical (unpaired) electrons. The van der Waals surface area contributed by atoms with Gasteiger partial charge in [-0.25, -0.2) is 0 Å². The monoisotopic (exact) mass is 186 g/mol. The van der Waals surface area contributed by atoms with Crippen LogP contribution in [0, 0.1) is 5.92 Å². The maximum atomic E-state index is 11.0. The van der Waals surface area contributed by atoms with Gasteiger partial charge in [0.25, 0.3) is 0 Å². The average Bonchev–Trinajstić information content (AvgIpc) is 2.30. The molecule has 13 heavy (non-hydrogen) atoms. The predicted molar refractivity (Wildman–Crippen MR) is 46.0 cm³/mol. The number of amides is 1. The van der Waals surface area contributed by atoms with Crippen molar-refractivity contribution < 1.29 is 14.7 Å². The van der Waals surface area contributed by atoms with Crippen LogP contribution in [0.15, 0.2) is 0 Å². The number of carboxylic acids is 1. The normalized spacial score (nSPS) is 29.0. The van der Waals surface area contributed by atoms with Gasteiger partial charge >= 0.3 is 5.97 Å². The molecule has 5 nitrogen and oxygen atoms in total. The Hall–Kier alpha value is -1.10. The lowest BCUT2D eigenvalue weighted by atomic mass is 9.96. The number of likely N-dealkylation sites (tertiary alicyclic amines) is 1. The van der Waals surface area contributed by atoms with Crippen LogP contribution in [0.2, 0.25) is 0 Å². The van der Waals surface area contributed by atoms with E-state index in [1.165, 1.54) is 0 Å². The summed E-state index contributed by atoms with van der Waals surface area (Å²) < 4.78 is 0. The lowest BCUT2D eigenvalue weighted by Crippen LogP contribution is -2.42. The zero-order valence-corrected chi connectivity index (χ0v) is 7.56. The lowest BCUT2D eigenvalue weighted by Gasteiger charge is -2.20. The van der Waals surface area contributed by atoms with Gasteiger partial charge in [-0.1, -0.05) is 0 Å². The van der Waals surface area contributed by atoms with E-state index in [4.69, 9.17) is 10.8 Å². The molecule has 1 saturated heterocycles. The fraction of sp³-hybridized carbons (Fsp3) is 0.750. The van der Waals surface area contributed by atoms with Crippen LogP contribution in [-0.4, -0.2) is 41.5 Å². The first kappa shape index (κ1) is 9.98. The highest BCUT2D eigenvalue weighted by Crippen LogP contribution is 2.25. The number of carboxylic acid groups (broad SMARTS) is 1. The summed E-state index contributed by atoms with van der Waals surface area (Å²) in [4.78, 5) is 23.3. The molecule has 1 heterocycles. The fourth-order valence-corrected chi connectivity index (χ4v) is 1.91. The number of hydrogen-bond acceptors (Lipinski definition) is 3. The Morgan fingerprint density at radius 1 is 1.62 bits per heavy atom. The zero-order valence-electron chi connectivity index (χ0n) is 7.56. The van der Waals surface area contributed by atoms with Crippen molar-refractivity contribution in [3.05, 3.63) is 0 Å². The highest BCUT2D eigenvalue weighted by Gasteiger charge is 2.36. The number of nitrogens with two attached hydrogens (primary N) is 1. The van der Waals surface area contributed by atoms with E-state index in [2.05, 4.69) is 0 Å². The van der Waals surface area contributed by atoms with Crippen LogP contribution in [0.5, 0.6) is 0 Å². The Balaban J connectivity index is 2.64. The molecule has 1 aliphatic rings. The molecule has 1 rings (SSSR count). The highest BCUT2D eigenvalue weighted by atomic mass is 16.4. The minimum Gasteiger partial charge on any atom is -0.481 e. The van der Waals surface area contributed by atoms with Gasteiger partial charge in [0.1, 0.15) is 0 Å². The molecule has 0 bridgehead atoms. The highest BCUT2D eigenvalue weighted by molar-refractivity contribution is 5.81. The van der Waals surface area contributed by atoms with Gasteiger partial charge in [0.2, 0.25) is 5.91 Å². The second kappa shape index (κ2) is 3.74.